The van der Waals surface area contributed by atoms with Crippen LogP contribution in [-0.4, -0.2) is 19.3 Å². The normalized spacial score (nSPS) is 11.6. The van der Waals surface area contributed by atoms with E-state index in [2.05, 4.69) is 124 Å². The van der Waals surface area contributed by atoms with E-state index in [1.54, 1.807) is 0 Å². The van der Waals surface area contributed by atoms with E-state index in [1.807, 2.05) is 29.1 Å². The van der Waals surface area contributed by atoms with E-state index in [-0.39, 0.29) is 0 Å². The molecule has 4 aromatic carbocycles. The lowest BCUT2D eigenvalue weighted by Gasteiger charge is -2.12. The van der Waals surface area contributed by atoms with Crippen LogP contribution in [0.15, 0.2) is 109 Å². The van der Waals surface area contributed by atoms with Gasteiger partial charge in [-0.1, -0.05) is 63.2 Å². The molecule has 0 bridgehead atoms. The SMILES string of the molecule is CCc1ccc2c(c1)c1ccc(Oc3cccc(-n4nc(C)c(-c5ccccc5)c4C)c3)cc1n2-c1cc(C(C)C)ccn1. The fourth-order valence-electron chi connectivity index (χ4n) is 6.23. The predicted molar refractivity (Wildman–Crippen MR) is 181 cm³/mol. The van der Waals surface area contributed by atoms with E-state index in [1.165, 1.54) is 27.5 Å². The molecule has 5 heteroatoms. The number of rotatable bonds is 7. The van der Waals surface area contributed by atoms with Gasteiger partial charge in [0.15, 0.2) is 0 Å². The zero-order chi connectivity index (χ0) is 30.4. The molecular weight excluding hydrogens is 540 g/mol. The summed E-state index contributed by atoms with van der Waals surface area (Å²) >= 11 is 0. The minimum Gasteiger partial charge on any atom is -0.457 e. The van der Waals surface area contributed by atoms with Crippen molar-refractivity contribution in [3.8, 4) is 34.1 Å². The monoisotopic (exact) mass is 576 g/mol. The Labute approximate surface area is 258 Å². The Hall–Kier alpha value is -5.16. The minimum atomic E-state index is 0.411. The van der Waals surface area contributed by atoms with Crippen LogP contribution in [0.3, 0.4) is 0 Å². The summed E-state index contributed by atoms with van der Waals surface area (Å²) in [5.74, 6) is 2.85. The average Bonchev–Trinajstić information content (AvgIpc) is 3.53. The maximum Gasteiger partial charge on any atom is 0.137 e. The van der Waals surface area contributed by atoms with Crippen LogP contribution < -0.4 is 4.74 Å². The second kappa shape index (κ2) is 11.2. The molecule has 3 aromatic heterocycles. The fraction of sp³-hybridized carbons (Fsp3) is 0.179. The number of fused-ring (bicyclic) bond motifs is 3. The van der Waals surface area contributed by atoms with E-state index < -0.39 is 0 Å². The molecule has 44 heavy (non-hydrogen) atoms. The summed E-state index contributed by atoms with van der Waals surface area (Å²) in [4.78, 5) is 4.82. The predicted octanol–water partition coefficient (Wildman–Crippen LogP) is 10.1. The second-order valence-corrected chi connectivity index (χ2v) is 11.7. The number of hydrogen-bond acceptors (Lipinski definition) is 3. The van der Waals surface area contributed by atoms with Crippen LogP contribution in [0.25, 0.3) is 44.4 Å². The lowest BCUT2D eigenvalue weighted by molar-refractivity contribution is 0.482. The second-order valence-electron chi connectivity index (χ2n) is 11.7. The lowest BCUT2D eigenvalue weighted by Crippen LogP contribution is -2.00. The van der Waals surface area contributed by atoms with Gasteiger partial charge in [-0.15, -0.1) is 0 Å². The van der Waals surface area contributed by atoms with Crippen molar-refractivity contribution in [3.63, 3.8) is 0 Å². The number of pyridine rings is 1. The van der Waals surface area contributed by atoms with Crippen LogP contribution in [0.2, 0.25) is 0 Å². The van der Waals surface area contributed by atoms with Crippen molar-refractivity contribution in [2.75, 3.05) is 0 Å². The van der Waals surface area contributed by atoms with Gasteiger partial charge >= 0.3 is 0 Å². The van der Waals surface area contributed by atoms with Crippen molar-refractivity contribution in [1.82, 2.24) is 19.3 Å². The molecule has 0 spiro atoms. The van der Waals surface area contributed by atoms with Gasteiger partial charge < -0.3 is 4.74 Å². The zero-order valence-corrected chi connectivity index (χ0v) is 25.9. The first-order chi connectivity index (χ1) is 21.4. The molecule has 0 aliphatic rings. The summed E-state index contributed by atoms with van der Waals surface area (Å²) in [6.07, 6.45) is 2.90. The van der Waals surface area contributed by atoms with Gasteiger partial charge in [0.05, 0.1) is 22.4 Å². The van der Waals surface area contributed by atoms with Gasteiger partial charge in [-0.2, -0.15) is 5.10 Å². The van der Waals surface area contributed by atoms with Crippen LogP contribution in [-0.2, 0) is 6.42 Å². The third kappa shape index (κ3) is 4.84. The fourth-order valence-corrected chi connectivity index (χ4v) is 6.23. The van der Waals surface area contributed by atoms with Gasteiger partial charge in [-0.3, -0.25) is 4.57 Å². The number of aryl methyl sites for hydroxylation is 2. The standard InChI is InChI=1S/C39H36N4O/c1-6-28-15-18-36-35(21-28)34-17-16-33(24-37(34)42(36)38-22-30(25(2)3)19-20-40-38)44-32-14-10-13-31(23-32)43-27(5)39(26(4)41-43)29-11-8-7-9-12-29/h7-25H,6H2,1-5H3. The van der Waals surface area contributed by atoms with Crippen molar-refractivity contribution in [1.29, 1.82) is 0 Å². The number of nitrogens with zero attached hydrogens (tertiary/aromatic N) is 4. The molecule has 0 radical (unpaired) electrons. The van der Waals surface area contributed by atoms with E-state index in [9.17, 15) is 0 Å². The Bertz CT molecular complexity index is 2140. The quantitative estimate of drug-likeness (QED) is 0.190. The van der Waals surface area contributed by atoms with E-state index in [4.69, 9.17) is 14.8 Å². The number of hydrogen-bond donors (Lipinski definition) is 0. The van der Waals surface area contributed by atoms with Crippen molar-refractivity contribution in [2.24, 2.45) is 0 Å². The van der Waals surface area contributed by atoms with Crippen LogP contribution in [0.4, 0.5) is 0 Å². The molecule has 0 saturated heterocycles. The number of benzene rings is 4. The summed E-state index contributed by atoms with van der Waals surface area (Å²) in [6.45, 7) is 10.8. The van der Waals surface area contributed by atoms with Crippen molar-refractivity contribution >= 4 is 21.8 Å². The molecule has 7 aromatic rings. The van der Waals surface area contributed by atoms with Crippen LogP contribution >= 0.6 is 0 Å². The Balaban J connectivity index is 1.30. The number of aromatic nitrogens is 4. The molecule has 0 N–H and O–H groups in total. The van der Waals surface area contributed by atoms with Crippen molar-refractivity contribution < 1.29 is 4.74 Å². The smallest absolute Gasteiger partial charge is 0.137 e. The Morgan fingerprint density at radius 1 is 0.750 bits per heavy atom. The van der Waals surface area contributed by atoms with Gasteiger partial charge in [0.25, 0.3) is 0 Å². The molecule has 0 saturated carbocycles. The van der Waals surface area contributed by atoms with Crippen LogP contribution in [0.1, 0.15) is 49.2 Å². The van der Waals surface area contributed by atoms with E-state index in [0.29, 0.717) is 5.92 Å². The van der Waals surface area contributed by atoms with Gasteiger partial charge in [0, 0.05) is 40.4 Å². The molecular formula is C39H36N4O. The first-order valence-corrected chi connectivity index (χ1v) is 15.3. The summed E-state index contributed by atoms with van der Waals surface area (Å²) in [5, 5.41) is 7.31. The van der Waals surface area contributed by atoms with Crippen LogP contribution in [0.5, 0.6) is 11.5 Å². The summed E-state index contributed by atoms with van der Waals surface area (Å²) in [7, 11) is 0. The molecule has 0 fully saturated rings. The lowest BCUT2D eigenvalue weighted by atomic mass is 10.0. The first kappa shape index (κ1) is 27.7. The van der Waals surface area contributed by atoms with Crippen molar-refractivity contribution in [3.05, 3.63) is 132 Å². The maximum atomic E-state index is 6.53. The largest absolute Gasteiger partial charge is 0.457 e. The average molecular weight is 577 g/mol. The first-order valence-electron chi connectivity index (χ1n) is 15.3. The van der Waals surface area contributed by atoms with E-state index in [0.717, 1.165) is 57.4 Å². The topological polar surface area (TPSA) is 44.9 Å². The van der Waals surface area contributed by atoms with Crippen molar-refractivity contribution in [2.45, 2.75) is 47.0 Å². The van der Waals surface area contributed by atoms with E-state index >= 15 is 0 Å². The summed E-state index contributed by atoms with van der Waals surface area (Å²) in [5.41, 5.74) is 10.2. The van der Waals surface area contributed by atoms with Crippen LogP contribution in [0, 0.1) is 13.8 Å². The minimum absolute atomic E-state index is 0.411. The number of ether oxygens (including phenoxy) is 1. The Morgan fingerprint density at radius 3 is 2.36 bits per heavy atom. The summed E-state index contributed by atoms with van der Waals surface area (Å²) in [6, 6.07) is 36.0. The highest BCUT2D eigenvalue weighted by Crippen LogP contribution is 2.36. The Morgan fingerprint density at radius 2 is 1.57 bits per heavy atom. The molecule has 5 nitrogen and oxygen atoms in total. The third-order valence-electron chi connectivity index (χ3n) is 8.53. The molecule has 3 heterocycles. The molecule has 7 rings (SSSR count). The van der Waals surface area contributed by atoms with Gasteiger partial charge in [0.1, 0.15) is 17.3 Å². The Kier molecular flexibility index (Phi) is 7.01. The molecule has 218 valence electrons. The maximum absolute atomic E-state index is 6.53. The summed E-state index contributed by atoms with van der Waals surface area (Å²) < 4.78 is 10.8. The molecule has 0 aliphatic heterocycles. The highest BCUT2D eigenvalue weighted by Gasteiger charge is 2.17. The molecule has 0 aliphatic carbocycles. The van der Waals surface area contributed by atoms with Gasteiger partial charge in [-0.25, -0.2) is 9.67 Å². The molecule has 0 amide bonds. The van der Waals surface area contributed by atoms with Gasteiger partial charge in [-0.05, 0) is 91.4 Å². The van der Waals surface area contributed by atoms with Gasteiger partial charge in [0.2, 0.25) is 0 Å². The molecule has 0 atom stereocenters. The molecule has 0 unspecified atom stereocenters. The third-order valence-corrected chi connectivity index (χ3v) is 8.53. The highest BCUT2D eigenvalue weighted by atomic mass is 16.5. The highest BCUT2D eigenvalue weighted by molar-refractivity contribution is 6.09. The zero-order valence-electron chi connectivity index (χ0n) is 25.9.